The van der Waals surface area contributed by atoms with Crippen molar-refractivity contribution in [1.29, 1.82) is 0 Å². The third-order valence-corrected chi connectivity index (χ3v) is 5.67. The van der Waals surface area contributed by atoms with Gasteiger partial charge in [-0.15, -0.1) is 0 Å². The molecule has 0 aliphatic carbocycles. The fourth-order valence-electron chi connectivity index (χ4n) is 3.87. The number of hydrogen-bond donors (Lipinski definition) is 0. The second kappa shape index (κ2) is 10.2. The van der Waals surface area contributed by atoms with Crippen molar-refractivity contribution >= 4 is 28.9 Å². The van der Waals surface area contributed by atoms with Crippen LogP contribution in [0.25, 0.3) is 21.5 Å². The van der Waals surface area contributed by atoms with E-state index in [0.29, 0.717) is 18.2 Å². The monoisotopic (exact) mass is 570 g/mol. The third-order valence-electron chi connectivity index (χ3n) is 5.67. The molecule has 0 N–H and O–H groups in total. The lowest BCUT2D eigenvalue weighted by atomic mass is 10.1. The van der Waals surface area contributed by atoms with Gasteiger partial charge in [0.25, 0.3) is 0 Å². The van der Waals surface area contributed by atoms with Gasteiger partial charge in [0.1, 0.15) is 28.9 Å². The lowest BCUT2D eigenvalue weighted by molar-refractivity contribution is 0.298. The number of halogens is 10. The number of hydrogen-bond acceptors (Lipinski definition) is 3. The van der Waals surface area contributed by atoms with Crippen LogP contribution in [-0.4, -0.2) is 7.32 Å². The van der Waals surface area contributed by atoms with Crippen molar-refractivity contribution in [1.82, 2.24) is 0 Å². The fourth-order valence-corrected chi connectivity index (χ4v) is 3.87. The van der Waals surface area contributed by atoms with Crippen LogP contribution in [-0.2, 0) is 0 Å². The van der Waals surface area contributed by atoms with Crippen LogP contribution in [0.3, 0.4) is 0 Å². The molecule has 0 atom stereocenters. The first-order valence-corrected chi connectivity index (χ1v) is 10.9. The molecule has 0 fully saturated rings. The summed E-state index contributed by atoms with van der Waals surface area (Å²) in [5.41, 5.74) is 0. The van der Waals surface area contributed by atoms with E-state index in [9.17, 15) is 43.9 Å². The van der Waals surface area contributed by atoms with E-state index in [1.54, 1.807) is 0 Å². The average Bonchev–Trinajstić information content (AvgIpc) is 2.92. The molecule has 0 bridgehead atoms. The van der Waals surface area contributed by atoms with Gasteiger partial charge in [-0.1, -0.05) is 12.1 Å². The Labute approximate surface area is 217 Å². The molecule has 0 saturated heterocycles. The van der Waals surface area contributed by atoms with Crippen molar-refractivity contribution in [2.45, 2.75) is 0 Å². The van der Waals surface area contributed by atoms with Gasteiger partial charge in [-0.25, -0.2) is 39.5 Å². The Morgan fingerprint density at radius 1 is 0.425 bits per heavy atom. The molecule has 5 aromatic carbocycles. The lowest BCUT2D eigenvalue weighted by Gasteiger charge is -2.19. The van der Waals surface area contributed by atoms with E-state index in [0.717, 1.165) is 30.3 Å². The first kappa shape index (κ1) is 27.0. The summed E-state index contributed by atoms with van der Waals surface area (Å²) in [4.78, 5) is 0. The van der Waals surface area contributed by atoms with Gasteiger partial charge in [0, 0.05) is 22.9 Å². The van der Waals surface area contributed by atoms with Gasteiger partial charge in [0.2, 0.25) is 0 Å². The molecule has 0 spiro atoms. The van der Waals surface area contributed by atoms with Crippen LogP contribution in [0.15, 0.2) is 54.6 Å². The molecule has 0 radical (unpaired) electrons. The minimum atomic E-state index is -2.42. The maximum Gasteiger partial charge on any atom is 0.864 e. The maximum absolute atomic E-state index is 14.7. The molecule has 3 nitrogen and oxygen atoms in total. The Balaban J connectivity index is 1.66. The Kier molecular flexibility index (Phi) is 6.86. The van der Waals surface area contributed by atoms with Gasteiger partial charge in [-0.3, -0.25) is 0 Å². The van der Waals surface area contributed by atoms with E-state index in [4.69, 9.17) is 14.0 Å². The maximum atomic E-state index is 14.7. The Hall–Kier alpha value is -4.62. The Morgan fingerprint density at radius 3 is 1.82 bits per heavy atom. The van der Waals surface area contributed by atoms with Crippen molar-refractivity contribution in [2.75, 3.05) is 0 Å². The molecule has 0 aliphatic heterocycles. The number of fused-ring (bicyclic) bond motifs is 2. The largest absolute Gasteiger partial charge is 0.864 e. The van der Waals surface area contributed by atoms with Crippen LogP contribution in [0, 0.1) is 58.2 Å². The molecular formula is C26H9BF10O3. The molecule has 14 heteroatoms. The summed E-state index contributed by atoms with van der Waals surface area (Å²) in [6.07, 6.45) is 0. The van der Waals surface area contributed by atoms with Gasteiger partial charge in [0.15, 0.2) is 46.5 Å². The molecule has 0 aromatic heterocycles. The second-order valence-electron chi connectivity index (χ2n) is 8.11. The average molecular weight is 570 g/mol. The van der Waals surface area contributed by atoms with Gasteiger partial charge >= 0.3 is 7.32 Å². The van der Waals surface area contributed by atoms with Gasteiger partial charge < -0.3 is 14.0 Å². The zero-order valence-electron chi connectivity index (χ0n) is 19.3. The summed E-state index contributed by atoms with van der Waals surface area (Å²) in [7, 11) is -2.42. The molecule has 5 aromatic rings. The minimum absolute atomic E-state index is 0.171. The topological polar surface area (TPSA) is 27.7 Å². The van der Waals surface area contributed by atoms with Crippen LogP contribution in [0.1, 0.15) is 0 Å². The zero-order chi connectivity index (χ0) is 28.9. The molecular weight excluding hydrogens is 561 g/mol. The van der Waals surface area contributed by atoms with Crippen molar-refractivity contribution < 1.29 is 57.9 Å². The summed E-state index contributed by atoms with van der Waals surface area (Å²) < 4.78 is 157. The molecule has 0 amide bonds. The normalized spacial score (nSPS) is 11.2. The minimum Gasteiger partial charge on any atom is -0.489 e. The predicted molar refractivity (Wildman–Crippen MR) is 122 cm³/mol. The fraction of sp³-hybridized carbons (Fsp3) is 0. The van der Waals surface area contributed by atoms with E-state index < -0.39 is 104 Å². The summed E-state index contributed by atoms with van der Waals surface area (Å²) in [5, 5.41) is -3.10. The Morgan fingerprint density at radius 2 is 1.07 bits per heavy atom. The van der Waals surface area contributed by atoms with E-state index in [2.05, 4.69) is 0 Å². The quantitative estimate of drug-likeness (QED) is 0.0900. The lowest BCUT2D eigenvalue weighted by Crippen LogP contribution is -2.37. The van der Waals surface area contributed by atoms with Crippen LogP contribution in [0.2, 0.25) is 0 Å². The van der Waals surface area contributed by atoms with E-state index in [1.807, 2.05) is 0 Å². The highest BCUT2D eigenvalue weighted by Gasteiger charge is 2.35. The summed E-state index contributed by atoms with van der Waals surface area (Å²) in [5.74, 6) is -19.6. The zero-order valence-corrected chi connectivity index (χ0v) is 19.3. The van der Waals surface area contributed by atoms with Gasteiger partial charge in [0.05, 0.1) is 10.8 Å². The number of benzene rings is 5. The molecule has 0 aliphatic rings. The molecule has 0 saturated carbocycles. The summed E-state index contributed by atoms with van der Waals surface area (Å²) in [6.45, 7) is 0. The van der Waals surface area contributed by atoms with Crippen LogP contribution in [0.5, 0.6) is 17.2 Å². The molecule has 204 valence electrons. The third kappa shape index (κ3) is 4.59. The van der Waals surface area contributed by atoms with Crippen LogP contribution < -0.4 is 14.0 Å². The van der Waals surface area contributed by atoms with Crippen molar-refractivity contribution in [3.8, 4) is 17.2 Å². The predicted octanol–water partition coefficient (Wildman–Crippen LogP) is 7.91. The Bertz CT molecular complexity index is 1810. The summed E-state index contributed by atoms with van der Waals surface area (Å²) >= 11 is 0. The SMILES string of the molecule is Fc1cc(F)c(F)c(OB(Oc2ccc(F)c3c(F)c(F)ccc23)Oc2cccc3c(F)c(F)c(F)c(F)c23)c1. The molecule has 0 unspecified atom stereocenters. The second-order valence-corrected chi connectivity index (χ2v) is 8.11. The first-order chi connectivity index (χ1) is 19.0. The van der Waals surface area contributed by atoms with Gasteiger partial charge in [-0.05, 0) is 30.3 Å². The highest BCUT2D eigenvalue weighted by Crippen LogP contribution is 2.36. The first-order valence-electron chi connectivity index (χ1n) is 10.9. The molecule has 0 heterocycles. The highest BCUT2D eigenvalue weighted by atomic mass is 19.2. The number of rotatable bonds is 6. The van der Waals surface area contributed by atoms with Crippen LogP contribution in [0.4, 0.5) is 43.9 Å². The van der Waals surface area contributed by atoms with Crippen molar-refractivity contribution in [2.24, 2.45) is 0 Å². The standard InChI is InChI=1S/C26H9BF10O3/c28-10-8-15(31)22(33)18(9-10)40-27(38-16-7-6-13(29)19-11(16)4-5-14(30)23(19)34)39-17-3-1-2-12-20(17)24(35)26(37)25(36)21(12)32/h1-9H. The highest BCUT2D eigenvalue weighted by molar-refractivity contribution is 6.40. The van der Waals surface area contributed by atoms with Crippen molar-refractivity contribution in [3.63, 3.8) is 0 Å². The smallest absolute Gasteiger partial charge is 0.489 e. The van der Waals surface area contributed by atoms with Crippen molar-refractivity contribution in [3.05, 3.63) is 113 Å². The van der Waals surface area contributed by atoms with Crippen LogP contribution >= 0.6 is 0 Å². The van der Waals surface area contributed by atoms with E-state index >= 15 is 0 Å². The van der Waals surface area contributed by atoms with E-state index in [-0.39, 0.29) is 6.07 Å². The molecule has 40 heavy (non-hydrogen) atoms. The van der Waals surface area contributed by atoms with Gasteiger partial charge in [-0.2, -0.15) is 4.39 Å². The molecule has 5 rings (SSSR count). The summed E-state index contributed by atoms with van der Waals surface area (Å²) in [6, 6.07) is 6.33. The van der Waals surface area contributed by atoms with E-state index in [1.165, 1.54) is 0 Å².